The van der Waals surface area contributed by atoms with Gasteiger partial charge in [0.1, 0.15) is 11.5 Å². The van der Waals surface area contributed by atoms with Crippen molar-refractivity contribution in [3.63, 3.8) is 0 Å². The lowest BCUT2D eigenvalue weighted by Crippen LogP contribution is -2.33. The number of Topliss-reactive ketones (excluding diaryl/α,β-unsaturated/α-hetero) is 1. The van der Waals surface area contributed by atoms with Crippen LogP contribution in [0.1, 0.15) is 59.3 Å². The molecule has 152 valence electrons. The summed E-state index contributed by atoms with van der Waals surface area (Å²) in [6.07, 6.45) is 5.18. The third-order valence-corrected chi connectivity index (χ3v) is 6.03. The summed E-state index contributed by atoms with van der Waals surface area (Å²) in [5.41, 5.74) is 4.25. The summed E-state index contributed by atoms with van der Waals surface area (Å²) < 4.78 is 6.07. The molecule has 4 rings (SSSR count). The lowest BCUT2D eigenvalue weighted by Gasteiger charge is -2.31. The number of rotatable bonds is 4. The fraction of sp³-hybridized carbons (Fsp3) is 0.400. The average Bonchev–Trinajstić information content (AvgIpc) is 3.02. The predicted molar refractivity (Wildman–Crippen MR) is 115 cm³/mol. The van der Waals surface area contributed by atoms with Gasteiger partial charge >= 0.3 is 0 Å². The third-order valence-electron chi connectivity index (χ3n) is 6.03. The van der Waals surface area contributed by atoms with E-state index >= 15 is 0 Å². The molecule has 2 aliphatic rings. The number of aryl methyl sites for hydroxylation is 2. The molecule has 0 aromatic heterocycles. The van der Waals surface area contributed by atoms with Crippen LogP contribution in [0.15, 0.2) is 36.1 Å². The highest BCUT2D eigenvalue weighted by Crippen LogP contribution is 2.42. The average molecular weight is 392 g/mol. The Morgan fingerprint density at radius 2 is 2.03 bits per heavy atom. The van der Waals surface area contributed by atoms with Crippen LogP contribution in [0.5, 0.6) is 11.5 Å². The lowest BCUT2D eigenvalue weighted by molar-refractivity contribution is 0.101. The summed E-state index contributed by atoms with van der Waals surface area (Å²) in [6.45, 7) is 8.84. The van der Waals surface area contributed by atoms with Crippen molar-refractivity contribution < 1.29 is 14.6 Å². The van der Waals surface area contributed by atoms with Crippen LogP contribution in [-0.4, -0.2) is 28.9 Å². The molecule has 4 heteroatoms. The molecule has 0 radical (unpaired) electrons. The number of hydrogen-bond donors (Lipinski definition) is 1. The largest absolute Gasteiger partial charge is 0.507 e. The van der Waals surface area contributed by atoms with Crippen molar-refractivity contribution in [2.24, 2.45) is 5.92 Å². The zero-order valence-electron chi connectivity index (χ0n) is 17.5. The van der Waals surface area contributed by atoms with Crippen LogP contribution in [0.3, 0.4) is 0 Å². The number of likely N-dealkylation sites (tertiary alicyclic amines) is 1. The summed E-state index contributed by atoms with van der Waals surface area (Å²) in [5, 5.41) is 10.6. The number of phenolic OH excluding ortho intramolecular Hbond substituents is 1. The van der Waals surface area contributed by atoms with Gasteiger partial charge in [0.2, 0.25) is 5.78 Å². The number of hydrogen-bond acceptors (Lipinski definition) is 4. The molecule has 2 aromatic rings. The Morgan fingerprint density at radius 1 is 1.28 bits per heavy atom. The number of ketones is 1. The summed E-state index contributed by atoms with van der Waals surface area (Å²) in [4.78, 5) is 15.4. The van der Waals surface area contributed by atoms with Crippen LogP contribution < -0.4 is 4.74 Å². The number of allylic oxidation sites excluding steroid dienone is 1. The van der Waals surface area contributed by atoms with Crippen LogP contribution >= 0.6 is 0 Å². The molecule has 0 amide bonds. The molecular weight excluding hydrogens is 362 g/mol. The van der Waals surface area contributed by atoms with Gasteiger partial charge in [0.15, 0.2) is 5.76 Å². The second-order valence-corrected chi connectivity index (χ2v) is 8.41. The van der Waals surface area contributed by atoms with E-state index in [1.54, 1.807) is 12.1 Å². The molecule has 1 unspecified atom stereocenters. The van der Waals surface area contributed by atoms with E-state index < -0.39 is 0 Å². The Bertz CT molecular complexity index is 959. The Morgan fingerprint density at radius 3 is 2.72 bits per heavy atom. The first-order valence-corrected chi connectivity index (χ1v) is 10.6. The van der Waals surface area contributed by atoms with Gasteiger partial charge in [0.25, 0.3) is 0 Å². The minimum atomic E-state index is -0.106. The van der Waals surface area contributed by atoms with E-state index in [1.807, 2.05) is 19.1 Å². The van der Waals surface area contributed by atoms with E-state index in [0.717, 1.165) is 42.6 Å². The smallest absolute Gasteiger partial charge is 0.232 e. The molecular formula is C25H29NO3. The third kappa shape index (κ3) is 3.95. The molecule has 2 heterocycles. The Balaban J connectivity index is 1.66. The van der Waals surface area contributed by atoms with Crippen molar-refractivity contribution in [2.45, 2.75) is 46.6 Å². The Hall–Kier alpha value is -2.59. The predicted octanol–water partition coefficient (Wildman–Crippen LogP) is 5.11. The monoisotopic (exact) mass is 391 g/mol. The molecule has 1 N–H and O–H groups in total. The van der Waals surface area contributed by atoms with Crippen molar-refractivity contribution in [3.05, 3.63) is 63.9 Å². The van der Waals surface area contributed by atoms with Crippen molar-refractivity contribution in [3.8, 4) is 11.5 Å². The highest BCUT2D eigenvalue weighted by Gasteiger charge is 2.34. The summed E-state index contributed by atoms with van der Waals surface area (Å²) >= 11 is 0. The molecule has 0 aliphatic carbocycles. The molecule has 1 atom stereocenters. The van der Waals surface area contributed by atoms with Gasteiger partial charge in [-0.25, -0.2) is 0 Å². The topological polar surface area (TPSA) is 49.8 Å². The van der Waals surface area contributed by atoms with Crippen molar-refractivity contribution in [1.82, 2.24) is 4.90 Å². The quantitative estimate of drug-likeness (QED) is 0.736. The van der Waals surface area contributed by atoms with Gasteiger partial charge in [-0.3, -0.25) is 9.69 Å². The fourth-order valence-corrected chi connectivity index (χ4v) is 4.39. The fourth-order valence-electron chi connectivity index (χ4n) is 4.39. The van der Waals surface area contributed by atoms with E-state index in [0.29, 0.717) is 29.5 Å². The van der Waals surface area contributed by atoms with Crippen molar-refractivity contribution in [2.75, 3.05) is 13.1 Å². The van der Waals surface area contributed by atoms with E-state index in [9.17, 15) is 9.90 Å². The maximum absolute atomic E-state index is 13.1. The number of phenols is 1. The van der Waals surface area contributed by atoms with Crippen LogP contribution in [0.2, 0.25) is 0 Å². The molecule has 2 aliphatic heterocycles. The summed E-state index contributed by atoms with van der Waals surface area (Å²) in [6, 6.07) is 9.84. The minimum Gasteiger partial charge on any atom is -0.507 e. The number of piperidine rings is 1. The maximum atomic E-state index is 13.1. The number of carbonyl (C=O) groups is 1. The number of fused-ring (bicyclic) bond motifs is 1. The first kappa shape index (κ1) is 19.7. The van der Waals surface area contributed by atoms with E-state index in [2.05, 4.69) is 30.9 Å². The molecule has 1 saturated heterocycles. The lowest BCUT2D eigenvalue weighted by atomic mass is 9.97. The molecule has 4 nitrogen and oxygen atoms in total. The molecule has 2 aromatic carbocycles. The number of aromatic hydroxyl groups is 1. The Labute approximate surface area is 172 Å². The zero-order chi connectivity index (χ0) is 20.5. The van der Waals surface area contributed by atoms with E-state index in [1.165, 1.54) is 12.0 Å². The van der Waals surface area contributed by atoms with Crippen LogP contribution in [0, 0.1) is 12.8 Å². The normalized spacial score (nSPS) is 20.7. The van der Waals surface area contributed by atoms with Crippen LogP contribution in [0.4, 0.5) is 0 Å². The zero-order valence-corrected chi connectivity index (χ0v) is 17.5. The van der Waals surface area contributed by atoms with Gasteiger partial charge < -0.3 is 9.84 Å². The minimum absolute atomic E-state index is 0.106. The van der Waals surface area contributed by atoms with Gasteiger partial charge in [-0.2, -0.15) is 0 Å². The first-order chi connectivity index (χ1) is 14.0. The summed E-state index contributed by atoms with van der Waals surface area (Å²) in [5.74, 6) is 1.60. The van der Waals surface area contributed by atoms with Gasteiger partial charge in [-0.15, -0.1) is 0 Å². The van der Waals surface area contributed by atoms with Crippen molar-refractivity contribution >= 4 is 11.9 Å². The van der Waals surface area contributed by atoms with Gasteiger partial charge in [-0.1, -0.05) is 38.1 Å². The summed E-state index contributed by atoms with van der Waals surface area (Å²) in [7, 11) is 0. The molecule has 0 spiro atoms. The van der Waals surface area contributed by atoms with E-state index in [4.69, 9.17) is 4.74 Å². The number of benzene rings is 2. The second kappa shape index (κ2) is 8.03. The standard InChI is InChI=1S/C25H29NO3/c1-4-18-7-9-19(10-8-18)13-22-24(28)23-17(3)12-21(27)20(25(23)29-22)15-26-11-5-6-16(2)14-26/h7-10,12-13,16,27H,4-6,11,14-15H2,1-3H3/b22-13+. The molecule has 29 heavy (non-hydrogen) atoms. The van der Waals surface area contributed by atoms with Crippen LogP contribution in [-0.2, 0) is 13.0 Å². The second-order valence-electron chi connectivity index (χ2n) is 8.41. The highest BCUT2D eigenvalue weighted by atomic mass is 16.5. The number of ether oxygens (including phenoxy) is 1. The Kier molecular flexibility index (Phi) is 5.46. The van der Waals surface area contributed by atoms with Crippen molar-refractivity contribution in [1.29, 1.82) is 0 Å². The first-order valence-electron chi connectivity index (χ1n) is 10.6. The SMILES string of the molecule is CCc1ccc(/C=C2/Oc3c(CN4CCCC(C)C4)c(O)cc(C)c3C2=O)cc1. The van der Waals surface area contributed by atoms with Crippen LogP contribution in [0.25, 0.3) is 6.08 Å². The number of nitrogens with zero attached hydrogens (tertiary/aromatic N) is 1. The number of carbonyl (C=O) groups excluding carboxylic acids is 1. The van der Waals surface area contributed by atoms with E-state index in [-0.39, 0.29) is 11.5 Å². The molecule has 0 saturated carbocycles. The van der Waals surface area contributed by atoms with Gasteiger partial charge in [0.05, 0.1) is 11.1 Å². The maximum Gasteiger partial charge on any atom is 0.232 e. The molecule has 0 bridgehead atoms. The van der Waals surface area contributed by atoms with Gasteiger partial charge in [0, 0.05) is 13.1 Å². The van der Waals surface area contributed by atoms with Gasteiger partial charge in [-0.05, 0) is 67.5 Å². The molecule has 1 fully saturated rings. The highest BCUT2D eigenvalue weighted by molar-refractivity contribution is 6.15.